The number of likely N-dealkylation sites (tertiary alicyclic amines) is 1. The Hall–Kier alpha value is -3.52. The smallest absolute Gasteiger partial charge is 0.262 e. The summed E-state index contributed by atoms with van der Waals surface area (Å²) in [6, 6.07) is 11.3. The van der Waals surface area contributed by atoms with E-state index in [-0.39, 0.29) is 18.1 Å². The summed E-state index contributed by atoms with van der Waals surface area (Å²) in [5.41, 5.74) is 2.32. The minimum Gasteiger partial charge on any atom is -0.373 e. The minimum absolute atomic E-state index is 0.167. The zero-order chi connectivity index (χ0) is 19.3. The average molecular weight is 375 g/mol. The van der Waals surface area contributed by atoms with Crippen LogP contribution in [-0.2, 0) is 10.4 Å². The molecular weight excluding hydrogens is 358 g/mol. The highest BCUT2D eigenvalue weighted by Gasteiger charge is 2.48. The molecule has 1 saturated heterocycles. The highest BCUT2D eigenvalue weighted by Crippen LogP contribution is 2.35. The lowest BCUT2D eigenvalue weighted by molar-refractivity contribution is -0.144. The lowest BCUT2D eigenvalue weighted by Gasteiger charge is -2.16. The van der Waals surface area contributed by atoms with E-state index in [1.165, 1.54) is 4.90 Å². The number of likely N-dealkylation sites (N-methyl/N-ethyl adjacent to an activating group) is 1. The Morgan fingerprint density at radius 1 is 1.18 bits per heavy atom. The van der Waals surface area contributed by atoms with Gasteiger partial charge in [-0.1, -0.05) is 23.4 Å². The molecule has 0 bridgehead atoms. The third-order valence-corrected chi connectivity index (χ3v) is 5.21. The van der Waals surface area contributed by atoms with Gasteiger partial charge in [0.2, 0.25) is 5.60 Å². The number of aromatic nitrogens is 4. The van der Waals surface area contributed by atoms with Crippen LogP contribution in [0.25, 0.3) is 33.4 Å². The van der Waals surface area contributed by atoms with Crippen LogP contribution in [0.4, 0.5) is 0 Å². The van der Waals surface area contributed by atoms with E-state index in [9.17, 15) is 9.90 Å². The SMILES string of the molecule is CN1CCC(O)(c2cc(-c3cccc(-c4cc5cn[nH]c5cn4)c3)no2)C1=O. The van der Waals surface area contributed by atoms with Gasteiger partial charge >= 0.3 is 0 Å². The van der Waals surface area contributed by atoms with Gasteiger partial charge in [-0.3, -0.25) is 14.9 Å². The molecule has 0 aliphatic carbocycles. The molecule has 0 spiro atoms. The summed E-state index contributed by atoms with van der Waals surface area (Å²) in [7, 11) is 1.66. The van der Waals surface area contributed by atoms with E-state index in [1.807, 2.05) is 30.3 Å². The molecule has 4 aromatic rings. The molecule has 1 amide bonds. The van der Waals surface area contributed by atoms with Crippen LogP contribution in [0.2, 0.25) is 0 Å². The fourth-order valence-corrected chi connectivity index (χ4v) is 3.53. The molecular formula is C20H17N5O3. The van der Waals surface area contributed by atoms with Gasteiger partial charge in [-0.2, -0.15) is 5.10 Å². The molecule has 8 nitrogen and oxygen atoms in total. The molecule has 28 heavy (non-hydrogen) atoms. The van der Waals surface area contributed by atoms with E-state index in [4.69, 9.17) is 4.52 Å². The number of hydrogen-bond acceptors (Lipinski definition) is 6. The number of benzene rings is 1. The lowest BCUT2D eigenvalue weighted by atomic mass is 9.97. The number of hydrogen-bond donors (Lipinski definition) is 2. The fraction of sp³-hybridized carbons (Fsp3) is 0.200. The van der Waals surface area contributed by atoms with E-state index < -0.39 is 5.60 Å². The maximum atomic E-state index is 12.3. The van der Waals surface area contributed by atoms with Crippen LogP contribution in [0.15, 0.2) is 53.3 Å². The van der Waals surface area contributed by atoms with Gasteiger partial charge in [-0.05, 0) is 12.1 Å². The first kappa shape index (κ1) is 16.6. The van der Waals surface area contributed by atoms with Crippen LogP contribution >= 0.6 is 0 Å². The molecule has 0 saturated carbocycles. The Balaban J connectivity index is 1.50. The second-order valence-corrected chi connectivity index (χ2v) is 7.02. The minimum atomic E-state index is -1.65. The molecule has 4 heterocycles. The van der Waals surface area contributed by atoms with Crippen molar-refractivity contribution in [3.8, 4) is 22.5 Å². The van der Waals surface area contributed by atoms with Crippen molar-refractivity contribution in [1.29, 1.82) is 0 Å². The molecule has 5 rings (SSSR count). The van der Waals surface area contributed by atoms with E-state index in [0.29, 0.717) is 12.2 Å². The lowest BCUT2D eigenvalue weighted by Crippen LogP contribution is -2.35. The molecule has 140 valence electrons. The number of nitrogens with one attached hydrogen (secondary N) is 1. The highest BCUT2D eigenvalue weighted by molar-refractivity contribution is 5.88. The van der Waals surface area contributed by atoms with Gasteiger partial charge in [-0.25, -0.2) is 0 Å². The maximum absolute atomic E-state index is 12.3. The Kier molecular flexibility index (Phi) is 3.56. The van der Waals surface area contributed by atoms with Crippen LogP contribution < -0.4 is 0 Å². The number of fused-ring (bicyclic) bond motifs is 1. The van der Waals surface area contributed by atoms with E-state index in [2.05, 4.69) is 20.3 Å². The van der Waals surface area contributed by atoms with Crippen LogP contribution in [0.3, 0.4) is 0 Å². The summed E-state index contributed by atoms with van der Waals surface area (Å²) in [4.78, 5) is 18.2. The van der Waals surface area contributed by atoms with Crippen molar-refractivity contribution in [2.75, 3.05) is 13.6 Å². The van der Waals surface area contributed by atoms with Crippen molar-refractivity contribution in [3.63, 3.8) is 0 Å². The van der Waals surface area contributed by atoms with Gasteiger partial charge in [0.1, 0.15) is 5.69 Å². The third-order valence-electron chi connectivity index (χ3n) is 5.21. The third kappa shape index (κ3) is 2.49. The summed E-state index contributed by atoms with van der Waals surface area (Å²) in [5.74, 6) is -0.207. The average Bonchev–Trinajstić information content (AvgIpc) is 3.45. The molecule has 3 aromatic heterocycles. The molecule has 1 atom stereocenters. The molecule has 1 aliphatic rings. The molecule has 1 aliphatic heterocycles. The Labute approximate surface area is 159 Å². The summed E-state index contributed by atoms with van der Waals surface area (Å²) in [6.45, 7) is 0.475. The van der Waals surface area contributed by atoms with Crippen molar-refractivity contribution >= 4 is 16.8 Å². The van der Waals surface area contributed by atoms with Gasteiger partial charge in [0.25, 0.3) is 5.91 Å². The Morgan fingerprint density at radius 2 is 2.00 bits per heavy atom. The molecule has 1 unspecified atom stereocenters. The highest BCUT2D eigenvalue weighted by atomic mass is 16.5. The van der Waals surface area contributed by atoms with Crippen LogP contribution in [0.1, 0.15) is 12.2 Å². The molecule has 0 radical (unpaired) electrons. The number of pyridine rings is 1. The zero-order valence-electron chi connectivity index (χ0n) is 15.1. The second kappa shape index (κ2) is 6.00. The largest absolute Gasteiger partial charge is 0.373 e. The number of nitrogens with zero attached hydrogens (tertiary/aromatic N) is 4. The quantitative estimate of drug-likeness (QED) is 0.569. The van der Waals surface area contributed by atoms with E-state index in [1.54, 1.807) is 25.5 Å². The van der Waals surface area contributed by atoms with Gasteiger partial charge in [0.05, 0.1) is 23.6 Å². The van der Waals surface area contributed by atoms with Crippen molar-refractivity contribution in [2.24, 2.45) is 0 Å². The van der Waals surface area contributed by atoms with Crippen molar-refractivity contribution in [1.82, 2.24) is 25.2 Å². The molecule has 1 aromatic carbocycles. The van der Waals surface area contributed by atoms with E-state index in [0.717, 1.165) is 27.7 Å². The fourth-order valence-electron chi connectivity index (χ4n) is 3.53. The van der Waals surface area contributed by atoms with Crippen LogP contribution in [-0.4, -0.2) is 49.8 Å². The number of H-pyrrole nitrogens is 1. The summed E-state index contributed by atoms with van der Waals surface area (Å²) in [5, 5.41) is 22.7. The standard InChI is InChI=1S/C20H17N5O3/c1-25-6-5-20(27,19(25)26)18-9-16(24-28-18)13-4-2-3-12(7-13)15-8-14-10-22-23-17(14)11-21-15/h2-4,7-11,27H,5-6H2,1H3,(H,22,23). The molecule has 2 N–H and O–H groups in total. The summed E-state index contributed by atoms with van der Waals surface area (Å²) in [6.07, 6.45) is 3.78. The van der Waals surface area contributed by atoms with Gasteiger partial charge in [0.15, 0.2) is 5.76 Å². The number of carbonyl (C=O) groups excluding carboxylic acids is 1. The number of rotatable bonds is 3. The Bertz CT molecular complexity index is 1200. The van der Waals surface area contributed by atoms with Gasteiger partial charge < -0.3 is 14.5 Å². The topological polar surface area (TPSA) is 108 Å². The number of carbonyl (C=O) groups is 1. The van der Waals surface area contributed by atoms with Crippen molar-refractivity contribution in [3.05, 3.63) is 54.6 Å². The molecule has 8 heteroatoms. The monoisotopic (exact) mass is 375 g/mol. The molecule has 1 fully saturated rings. The first-order valence-electron chi connectivity index (χ1n) is 8.90. The first-order chi connectivity index (χ1) is 13.5. The van der Waals surface area contributed by atoms with Gasteiger partial charge in [-0.15, -0.1) is 0 Å². The predicted octanol–water partition coefficient (Wildman–Crippen LogP) is 2.33. The van der Waals surface area contributed by atoms with E-state index >= 15 is 0 Å². The number of aromatic amines is 1. The summed E-state index contributed by atoms with van der Waals surface area (Å²) < 4.78 is 5.34. The first-order valence-corrected chi connectivity index (χ1v) is 8.90. The number of aliphatic hydroxyl groups is 1. The van der Waals surface area contributed by atoms with Gasteiger partial charge in [0, 0.05) is 42.6 Å². The van der Waals surface area contributed by atoms with Crippen LogP contribution in [0.5, 0.6) is 0 Å². The van der Waals surface area contributed by atoms with Crippen molar-refractivity contribution < 1.29 is 14.4 Å². The number of amides is 1. The Morgan fingerprint density at radius 3 is 2.79 bits per heavy atom. The second-order valence-electron chi connectivity index (χ2n) is 7.02. The normalized spacial score (nSPS) is 19.6. The maximum Gasteiger partial charge on any atom is 0.262 e. The predicted molar refractivity (Wildman–Crippen MR) is 101 cm³/mol. The van der Waals surface area contributed by atoms with Crippen LogP contribution in [0, 0.1) is 0 Å². The van der Waals surface area contributed by atoms with Crippen molar-refractivity contribution in [2.45, 2.75) is 12.0 Å². The zero-order valence-corrected chi connectivity index (χ0v) is 15.1. The summed E-state index contributed by atoms with van der Waals surface area (Å²) >= 11 is 0.